The van der Waals surface area contributed by atoms with E-state index < -0.39 is 15.9 Å². The molecule has 9 heteroatoms. The van der Waals surface area contributed by atoms with Gasteiger partial charge in [-0.3, -0.25) is 9.52 Å². The van der Waals surface area contributed by atoms with Gasteiger partial charge in [0.15, 0.2) is 0 Å². The van der Waals surface area contributed by atoms with Crippen LogP contribution in [-0.4, -0.2) is 21.4 Å². The molecule has 0 atom stereocenters. The lowest BCUT2D eigenvalue weighted by atomic mass is 10.1. The smallest absolute Gasteiger partial charge is 0.263 e. The van der Waals surface area contributed by atoms with Gasteiger partial charge in [0, 0.05) is 11.3 Å². The first-order chi connectivity index (χ1) is 14.6. The van der Waals surface area contributed by atoms with Crippen molar-refractivity contribution in [1.29, 1.82) is 0 Å². The summed E-state index contributed by atoms with van der Waals surface area (Å²) >= 11 is 12.2. The monoisotopic (exact) mass is 478 g/mol. The maximum atomic E-state index is 13.0. The van der Waals surface area contributed by atoms with Crippen LogP contribution in [0.5, 0.6) is 5.75 Å². The molecule has 2 N–H and O–H groups in total. The number of ether oxygens (including phenoxy) is 1. The van der Waals surface area contributed by atoms with Crippen molar-refractivity contribution in [3.8, 4) is 5.75 Å². The van der Waals surface area contributed by atoms with Crippen molar-refractivity contribution < 1.29 is 17.9 Å². The molecule has 6 nitrogen and oxygen atoms in total. The summed E-state index contributed by atoms with van der Waals surface area (Å²) in [7, 11) is -2.54. The average molecular weight is 479 g/mol. The molecule has 0 spiro atoms. The molecule has 3 aromatic carbocycles. The summed E-state index contributed by atoms with van der Waals surface area (Å²) in [6, 6.07) is 14.3. The third-order valence-corrected chi connectivity index (χ3v) is 6.67. The molecular formula is C22H20Cl2N2O4S. The van der Waals surface area contributed by atoms with Crippen LogP contribution < -0.4 is 14.8 Å². The van der Waals surface area contributed by atoms with Crippen molar-refractivity contribution in [2.24, 2.45) is 0 Å². The van der Waals surface area contributed by atoms with Gasteiger partial charge in [0.05, 0.1) is 22.8 Å². The zero-order valence-corrected chi connectivity index (χ0v) is 19.3. The number of amides is 1. The van der Waals surface area contributed by atoms with E-state index in [9.17, 15) is 13.2 Å². The summed E-state index contributed by atoms with van der Waals surface area (Å²) in [5.74, 6) is -0.0434. The number of nitrogens with one attached hydrogen (secondary N) is 2. The molecule has 0 aliphatic heterocycles. The van der Waals surface area contributed by atoms with Crippen LogP contribution in [0.25, 0.3) is 0 Å². The standard InChI is InChI=1S/C22H20Cl2N2O4S/c1-13-4-5-14(2)19(10-13)26-31(28,29)21-11-15(6-8-17(21)23)22(27)25-16-7-9-20(30-3)18(24)12-16/h4-12,26H,1-3H3,(H,25,27). The van der Waals surface area contributed by atoms with Gasteiger partial charge in [-0.25, -0.2) is 8.42 Å². The molecule has 1 amide bonds. The quantitative estimate of drug-likeness (QED) is 0.477. The first kappa shape index (κ1) is 22.9. The van der Waals surface area contributed by atoms with E-state index >= 15 is 0 Å². The normalized spacial score (nSPS) is 11.1. The Bertz CT molecular complexity index is 1260. The molecular weight excluding hydrogens is 459 g/mol. The minimum atomic E-state index is -4.03. The Morgan fingerprint density at radius 3 is 2.35 bits per heavy atom. The van der Waals surface area contributed by atoms with Gasteiger partial charge in [-0.2, -0.15) is 0 Å². The third kappa shape index (κ3) is 5.31. The fourth-order valence-corrected chi connectivity index (χ4v) is 4.75. The number of benzene rings is 3. The van der Waals surface area contributed by atoms with E-state index in [1.807, 2.05) is 19.1 Å². The van der Waals surface area contributed by atoms with Crippen LogP contribution in [-0.2, 0) is 10.0 Å². The highest BCUT2D eigenvalue weighted by molar-refractivity contribution is 7.92. The van der Waals surface area contributed by atoms with Gasteiger partial charge in [-0.1, -0.05) is 35.3 Å². The minimum absolute atomic E-state index is 0.00171. The van der Waals surface area contributed by atoms with Crippen molar-refractivity contribution in [3.63, 3.8) is 0 Å². The van der Waals surface area contributed by atoms with E-state index in [0.717, 1.165) is 11.1 Å². The Morgan fingerprint density at radius 2 is 1.68 bits per heavy atom. The Kier molecular flexibility index (Phi) is 6.79. The number of carbonyl (C=O) groups excluding carboxylic acids is 1. The van der Waals surface area contributed by atoms with Crippen LogP contribution in [0.1, 0.15) is 21.5 Å². The SMILES string of the molecule is COc1ccc(NC(=O)c2ccc(Cl)c(S(=O)(=O)Nc3cc(C)ccc3C)c2)cc1Cl. The summed E-state index contributed by atoms with van der Waals surface area (Å²) in [6.07, 6.45) is 0. The molecule has 0 aromatic heterocycles. The molecule has 0 bridgehead atoms. The minimum Gasteiger partial charge on any atom is -0.495 e. The van der Waals surface area contributed by atoms with Crippen LogP contribution in [0.3, 0.4) is 0 Å². The maximum Gasteiger partial charge on any atom is 0.263 e. The average Bonchev–Trinajstić information content (AvgIpc) is 2.71. The highest BCUT2D eigenvalue weighted by Gasteiger charge is 2.21. The predicted molar refractivity (Wildman–Crippen MR) is 124 cm³/mol. The molecule has 0 radical (unpaired) electrons. The summed E-state index contributed by atoms with van der Waals surface area (Å²) < 4.78 is 33.6. The second-order valence-electron chi connectivity index (χ2n) is 6.87. The number of anilines is 2. The topological polar surface area (TPSA) is 84.5 Å². The van der Waals surface area contributed by atoms with Crippen LogP contribution in [0.2, 0.25) is 10.0 Å². The maximum absolute atomic E-state index is 13.0. The number of rotatable bonds is 6. The first-order valence-corrected chi connectivity index (χ1v) is 11.4. The summed E-state index contributed by atoms with van der Waals surface area (Å²) in [6.45, 7) is 3.66. The molecule has 0 saturated carbocycles. The van der Waals surface area contributed by atoms with Gasteiger partial charge in [0.25, 0.3) is 15.9 Å². The summed E-state index contributed by atoms with van der Waals surface area (Å²) in [5, 5.41) is 3.01. The van der Waals surface area contributed by atoms with E-state index in [1.54, 1.807) is 25.1 Å². The van der Waals surface area contributed by atoms with Crippen LogP contribution in [0, 0.1) is 13.8 Å². The molecule has 3 aromatic rings. The second kappa shape index (κ2) is 9.18. The lowest BCUT2D eigenvalue weighted by molar-refractivity contribution is 0.102. The number of halogens is 2. The Labute approximate surface area is 191 Å². The number of hydrogen-bond donors (Lipinski definition) is 2. The van der Waals surface area contributed by atoms with Crippen molar-refractivity contribution in [2.45, 2.75) is 18.7 Å². The van der Waals surface area contributed by atoms with E-state index in [0.29, 0.717) is 22.1 Å². The van der Waals surface area contributed by atoms with E-state index in [1.165, 1.54) is 31.4 Å². The number of hydrogen-bond acceptors (Lipinski definition) is 4. The molecule has 0 unspecified atom stereocenters. The Balaban J connectivity index is 1.89. The zero-order valence-electron chi connectivity index (χ0n) is 17.0. The number of carbonyl (C=O) groups is 1. The number of sulfonamides is 1. The van der Waals surface area contributed by atoms with Crippen molar-refractivity contribution in [3.05, 3.63) is 81.3 Å². The highest BCUT2D eigenvalue weighted by atomic mass is 35.5. The van der Waals surface area contributed by atoms with E-state index in [-0.39, 0.29) is 15.5 Å². The second-order valence-corrected chi connectivity index (χ2v) is 9.34. The molecule has 0 fully saturated rings. The molecule has 162 valence electrons. The van der Waals surface area contributed by atoms with E-state index in [2.05, 4.69) is 10.0 Å². The molecule has 31 heavy (non-hydrogen) atoms. The largest absolute Gasteiger partial charge is 0.495 e. The van der Waals surface area contributed by atoms with Crippen molar-refractivity contribution in [2.75, 3.05) is 17.1 Å². The Morgan fingerprint density at radius 1 is 0.935 bits per heavy atom. The fourth-order valence-electron chi connectivity index (χ4n) is 2.84. The third-order valence-electron chi connectivity index (χ3n) is 4.53. The molecule has 0 heterocycles. The summed E-state index contributed by atoms with van der Waals surface area (Å²) in [4.78, 5) is 12.5. The van der Waals surface area contributed by atoms with Crippen LogP contribution in [0.4, 0.5) is 11.4 Å². The van der Waals surface area contributed by atoms with Crippen LogP contribution in [0.15, 0.2) is 59.5 Å². The predicted octanol–water partition coefficient (Wildman–Crippen LogP) is 5.67. The van der Waals surface area contributed by atoms with Gasteiger partial charge < -0.3 is 10.1 Å². The lowest BCUT2D eigenvalue weighted by Crippen LogP contribution is -2.17. The number of methoxy groups -OCH3 is 1. The molecule has 0 aliphatic carbocycles. The first-order valence-electron chi connectivity index (χ1n) is 9.15. The highest BCUT2D eigenvalue weighted by Crippen LogP contribution is 2.29. The molecule has 3 rings (SSSR count). The van der Waals surface area contributed by atoms with Crippen molar-refractivity contribution in [1.82, 2.24) is 0 Å². The van der Waals surface area contributed by atoms with Gasteiger partial charge in [0.2, 0.25) is 0 Å². The lowest BCUT2D eigenvalue weighted by Gasteiger charge is -2.14. The fraction of sp³-hybridized carbons (Fsp3) is 0.136. The van der Waals surface area contributed by atoms with Gasteiger partial charge in [-0.05, 0) is 67.4 Å². The molecule has 0 saturated heterocycles. The zero-order chi connectivity index (χ0) is 22.8. The van der Waals surface area contributed by atoms with Crippen LogP contribution >= 0.6 is 23.2 Å². The molecule has 0 aliphatic rings. The Hall–Kier alpha value is -2.74. The van der Waals surface area contributed by atoms with Gasteiger partial charge in [0.1, 0.15) is 10.6 Å². The number of aryl methyl sites for hydroxylation is 2. The van der Waals surface area contributed by atoms with Gasteiger partial charge >= 0.3 is 0 Å². The summed E-state index contributed by atoms with van der Waals surface area (Å²) in [5.41, 5.74) is 2.66. The van der Waals surface area contributed by atoms with E-state index in [4.69, 9.17) is 27.9 Å². The van der Waals surface area contributed by atoms with Gasteiger partial charge in [-0.15, -0.1) is 0 Å². The van der Waals surface area contributed by atoms with Crippen molar-refractivity contribution >= 4 is 50.5 Å².